The Hall–Kier alpha value is -0.940. The van der Waals surface area contributed by atoms with Crippen LogP contribution in [0.25, 0.3) is 0 Å². The maximum atomic E-state index is 12.2. The molecule has 0 aromatic carbocycles. The zero-order valence-electron chi connectivity index (χ0n) is 9.79. The van der Waals surface area contributed by atoms with E-state index in [0.29, 0.717) is 0 Å². The molecule has 4 nitrogen and oxygen atoms in total. The molecule has 1 aliphatic rings. The van der Waals surface area contributed by atoms with Crippen LogP contribution in [0.5, 0.6) is 0 Å². The minimum Gasteiger partial charge on any atom is -0.324 e. The lowest BCUT2D eigenvalue weighted by Crippen LogP contribution is -2.42. The number of halogens is 1. The number of hydrogen-bond acceptors (Lipinski definition) is 3. The molecule has 17 heavy (non-hydrogen) atoms. The first-order chi connectivity index (χ1) is 8.10. The van der Waals surface area contributed by atoms with Crippen LogP contribution in [0.2, 0.25) is 0 Å². The number of pyridine rings is 1. The lowest BCUT2D eigenvalue weighted by Gasteiger charge is -2.32. The number of anilines is 1. The van der Waals surface area contributed by atoms with E-state index in [1.54, 1.807) is 6.20 Å². The molecule has 1 aromatic heterocycles. The Bertz CT molecular complexity index is 399. The summed E-state index contributed by atoms with van der Waals surface area (Å²) in [6.45, 7) is 3.83. The first-order valence-corrected chi connectivity index (χ1v) is 6.53. The van der Waals surface area contributed by atoms with Crippen molar-refractivity contribution in [3.05, 3.63) is 22.9 Å². The maximum absolute atomic E-state index is 12.2. The average molecular weight is 298 g/mol. The molecule has 92 valence electrons. The summed E-state index contributed by atoms with van der Waals surface area (Å²) >= 11 is 3.27. The lowest BCUT2D eigenvalue weighted by atomic mass is 9.80. The third-order valence-corrected chi connectivity index (χ3v) is 3.71. The van der Waals surface area contributed by atoms with Crippen molar-refractivity contribution in [2.75, 3.05) is 18.4 Å². The second-order valence-corrected chi connectivity index (χ2v) is 5.45. The van der Waals surface area contributed by atoms with Gasteiger partial charge in [0, 0.05) is 5.41 Å². The predicted octanol–water partition coefficient (Wildman–Crippen LogP) is 2.17. The topological polar surface area (TPSA) is 54.0 Å². The van der Waals surface area contributed by atoms with E-state index in [0.717, 1.165) is 36.2 Å². The minimum atomic E-state index is -0.266. The van der Waals surface area contributed by atoms with Gasteiger partial charge in [0.1, 0.15) is 4.60 Å². The van der Waals surface area contributed by atoms with Crippen molar-refractivity contribution in [3.8, 4) is 0 Å². The SMILES string of the molecule is CC1(C(=O)Nc2ccc(Br)nc2)CCNCC1. The highest BCUT2D eigenvalue weighted by molar-refractivity contribution is 9.10. The summed E-state index contributed by atoms with van der Waals surface area (Å²) in [6, 6.07) is 3.67. The van der Waals surface area contributed by atoms with Gasteiger partial charge >= 0.3 is 0 Å². The van der Waals surface area contributed by atoms with Crippen molar-refractivity contribution in [3.63, 3.8) is 0 Å². The number of aromatic nitrogens is 1. The van der Waals surface area contributed by atoms with Crippen LogP contribution in [0.1, 0.15) is 19.8 Å². The molecule has 0 radical (unpaired) electrons. The largest absolute Gasteiger partial charge is 0.324 e. The van der Waals surface area contributed by atoms with Gasteiger partial charge in [0.05, 0.1) is 11.9 Å². The molecule has 1 amide bonds. The van der Waals surface area contributed by atoms with Gasteiger partial charge in [-0.1, -0.05) is 6.92 Å². The Morgan fingerprint density at radius 2 is 2.18 bits per heavy atom. The number of carbonyl (C=O) groups is 1. The number of piperidine rings is 1. The number of nitrogens with one attached hydrogen (secondary N) is 2. The van der Waals surface area contributed by atoms with Gasteiger partial charge in [0.2, 0.25) is 5.91 Å². The summed E-state index contributed by atoms with van der Waals surface area (Å²) in [5, 5.41) is 6.20. The Morgan fingerprint density at radius 3 is 2.76 bits per heavy atom. The van der Waals surface area contributed by atoms with E-state index in [2.05, 4.69) is 31.5 Å². The normalized spacial score (nSPS) is 18.7. The van der Waals surface area contributed by atoms with Crippen LogP contribution >= 0.6 is 15.9 Å². The molecular formula is C12H16BrN3O. The number of carbonyl (C=O) groups excluding carboxylic acids is 1. The van der Waals surface area contributed by atoms with Gasteiger partial charge in [-0.2, -0.15) is 0 Å². The summed E-state index contributed by atoms with van der Waals surface area (Å²) in [5.74, 6) is 0.0862. The van der Waals surface area contributed by atoms with E-state index < -0.39 is 0 Å². The molecule has 5 heteroatoms. The monoisotopic (exact) mass is 297 g/mol. The molecule has 1 aliphatic heterocycles. The minimum absolute atomic E-state index is 0.0862. The summed E-state index contributed by atoms with van der Waals surface area (Å²) in [7, 11) is 0. The van der Waals surface area contributed by atoms with Gasteiger partial charge in [-0.3, -0.25) is 4.79 Å². The van der Waals surface area contributed by atoms with Crippen LogP contribution < -0.4 is 10.6 Å². The van der Waals surface area contributed by atoms with Crippen molar-refractivity contribution in [1.29, 1.82) is 0 Å². The van der Waals surface area contributed by atoms with E-state index in [1.165, 1.54) is 0 Å². The number of nitrogens with zero attached hydrogens (tertiary/aromatic N) is 1. The van der Waals surface area contributed by atoms with Gasteiger partial charge in [-0.05, 0) is 54.0 Å². The van der Waals surface area contributed by atoms with Crippen molar-refractivity contribution in [2.24, 2.45) is 5.41 Å². The Balaban J connectivity index is 2.03. The van der Waals surface area contributed by atoms with Crippen LogP contribution in [-0.4, -0.2) is 24.0 Å². The van der Waals surface area contributed by atoms with E-state index in [4.69, 9.17) is 0 Å². The van der Waals surface area contributed by atoms with Gasteiger partial charge in [-0.25, -0.2) is 4.98 Å². The molecule has 0 bridgehead atoms. The van der Waals surface area contributed by atoms with Gasteiger partial charge < -0.3 is 10.6 Å². The molecule has 2 heterocycles. The Kier molecular flexibility index (Phi) is 3.79. The highest BCUT2D eigenvalue weighted by atomic mass is 79.9. The van der Waals surface area contributed by atoms with Crippen LogP contribution in [0.15, 0.2) is 22.9 Å². The second-order valence-electron chi connectivity index (χ2n) is 4.63. The molecule has 0 saturated carbocycles. The zero-order valence-corrected chi connectivity index (χ0v) is 11.4. The van der Waals surface area contributed by atoms with Crippen molar-refractivity contribution in [2.45, 2.75) is 19.8 Å². The standard InChI is InChI=1S/C12H16BrN3O/c1-12(4-6-14-7-5-12)11(17)16-9-2-3-10(13)15-8-9/h2-3,8,14H,4-7H2,1H3,(H,16,17). The first-order valence-electron chi connectivity index (χ1n) is 5.74. The van der Waals surface area contributed by atoms with E-state index in [9.17, 15) is 4.79 Å². The van der Waals surface area contributed by atoms with Crippen LogP contribution in [0.3, 0.4) is 0 Å². The molecule has 0 unspecified atom stereocenters. The van der Waals surface area contributed by atoms with E-state index >= 15 is 0 Å². The highest BCUT2D eigenvalue weighted by Crippen LogP contribution is 2.29. The van der Waals surface area contributed by atoms with Gasteiger partial charge in [0.15, 0.2) is 0 Å². The number of amides is 1. The molecule has 1 fully saturated rings. The Labute approximate surface area is 109 Å². The van der Waals surface area contributed by atoms with Crippen LogP contribution in [-0.2, 0) is 4.79 Å². The molecule has 2 rings (SSSR count). The fourth-order valence-electron chi connectivity index (χ4n) is 1.94. The maximum Gasteiger partial charge on any atom is 0.230 e. The third-order valence-electron chi connectivity index (χ3n) is 3.24. The molecule has 0 atom stereocenters. The van der Waals surface area contributed by atoms with Crippen molar-refractivity contribution >= 4 is 27.5 Å². The summed E-state index contributed by atoms with van der Waals surface area (Å²) in [4.78, 5) is 16.3. The van der Waals surface area contributed by atoms with Gasteiger partial charge in [0.25, 0.3) is 0 Å². The molecule has 1 saturated heterocycles. The fourth-order valence-corrected chi connectivity index (χ4v) is 2.17. The lowest BCUT2D eigenvalue weighted by molar-refractivity contribution is -0.126. The zero-order chi connectivity index (χ0) is 12.3. The molecular weight excluding hydrogens is 282 g/mol. The first kappa shape index (κ1) is 12.5. The molecule has 0 spiro atoms. The molecule has 0 aliphatic carbocycles. The highest BCUT2D eigenvalue weighted by Gasteiger charge is 2.34. The summed E-state index contributed by atoms with van der Waals surface area (Å²) < 4.78 is 0.767. The average Bonchev–Trinajstić information content (AvgIpc) is 2.33. The molecule has 1 aromatic rings. The Morgan fingerprint density at radius 1 is 1.47 bits per heavy atom. The van der Waals surface area contributed by atoms with Crippen molar-refractivity contribution in [1.82, 2.24) is 10.3 Å². The van der Waals surface area contributed by atoms with Crippen LogP contribution in [0.4, 0.5) is 5.69 Å². The smallest absolute Gasteiger partial charge is 0.230 e. The van der Waals surface area contributed by atoms with E-state index in [-0.39, 0.29) is 11.3 Å². The fraction of sp³-hybridized carbons (Fsp3) is 0.500. The van der Waals surface area contributed by atoms with Crippen molar-refractivity contribution < 1.29 is 4.79 Å². The number of rotatable bonds is 2. The summed E-state index contributed by atoms with van der Waals surface area (Å²) in [5.41, 5.74) is 0.483. The van der Waals surface area contributed by atoms with E-state index in [1.807, 2.05) is 19.1 Å². The quantitative estimate of drug-likeness (QED) is 0.823. The number of hydrogen-bond donors (Lipinski definition) is 2. The van der Waals surface area contributed by atoms with Crippen LogP contribution in [0, 0.1) is 5.41 Å². The molecule has 2 N–H and O–H groups in total. The second kappa shape index (κ2) is 5.14. The summed E-state index contributed by atoms with van der Waals surface area (Å²) in [6.07, 6.45) is 3.41. The third kappa shape index (κ3) is 3.04. The predicted molar refractivity (Wildman–Crippen MR) is 70.8 cm³/mol. The van der Waals surface area contributed by atoms with Gasteiger partial charge in [-0.15, -0.1) is 0 Å².